The minimum absolute atomic E-state index is 0.0713. The van der Waals surface area contributed by atoms with Crippen LogP contribution in [0.15, 0.2) is 42.7 Å². The van der Waals surface area contributed by atoms with E-state index in [1.807, 2.05) is 42.4 Å². The number of carbonyl (C=O) groups is 1. The number of aryl methyl sites for hydroxylation is 2. The third kappa shape index (κ3) is 5.30. The average molecular weight is 367 g/mol. The standard InChI is InChI=1S/C22H29N3O2/c1-17-4-5-21(16-18(17)2)27-19(3)22(26)25-14-12-24(13-15-25)11-8-20-6-9-23-10-7-20/h4-7,9-10,16,19H,8,11-15H2,1-3H3/t19-/m0/s1. The van der Waals surface area contributed by atoms with Gasteiger partial charge in [0.15, 0.2) is 6.10 Å². The first-order chi connectivity index (χ1) is 13.0. The Morgan fingerprint density at radius 1 is 1.07 bits per heavy atom. The van der Waals surface area contributed by atoms with Gasteiger partial charge in [-0.2, -0.15) is 0 Å². The maximum atomic E-state index is 12.7. The Labute approximate surface area is 162 Å². The summed E-state index contributed by atoms with van der Waals surface area (Å²) in [4.78, 5) is 21.1. The summed E-state index contributed by atoms with van der Waals surface area (Å²) in [6, 6.07) is 10.1. The van der Waals surface area contributed by atoms with E-state index in [2.05, 4.69) is 35.9 Å². The Balaban J connectivity index is 1.45. The van der Waals surface area contributed by atoms with Crippen molar-refractivity contribution in [1.82, 2.24) is 14.8 Å². The molecule has 3 rings (SSSR count). The fourth-order valence-electron chi connectivity index (χ4n) is 3.33. The first kappa shape index (κ1) is 19.4. The molecule has 5 nitrogen and oxygen atoms in total. The highest BCUT2D eigenvalue weighted by atomic mass is 16.5. The molecule has 1 aliphatic rings. The SMILES string of the molecule is Cc1ccc(O[C@@H](C)C(=O)N2CCN(CCc3ccncc3)CC2)cc1C. The molecule has 1 aromatic carbocycles. The quantitative estimate of drug-likeness (QED) is 0.788. The van der Waals surface area contributed by atoms with E-state index >= 15 is 0 Å². The van der Waals surface area contributed by atoms with E-state index in [0.717, 1.165) is 44.9 Å². The number of ether oxygens (including phenoxy) is 1. The molecule has 0 bridgehead atoms. The minimum atomic E-state index is -0.463. The maximum Gasteiger partial charge on any atom is 0.263 e. The molecule has 27 heavy (non-hydrogen) atoms. The molecular formula is C22H29N3O2. The highest BCUT2D eigenvalue weighted by molar-refractivity contribution is 5.81. The molecule has 0 radical (unpaired) electrons. The predicted molar refractivity (Wildman–Crippen MR) is 107 cm³/mol. The lowest BCUT2D eigenvalue weighted by atomic mass is 10.1. The largest absolute Gasteiger partial charge is 0.481 e. The summed E-state index contributed by atoms with van der Waals surface area (Å²) in [5.41, 5.74) is 3.71. The Morgan fingerprint density at radius 2 is 1.78 bits per heavy atom. The summed E-state index contributed by atoms with van der Waals surface area (Å²) < 4.78 is 5.89. The number of rotatable bonds is 6. The van der Waals surface area contributed by atoms with Crippen LogP contribution < -0.4 is 4.74 Å². The van der Waals surface area contributed by atoms with Crippen LogP contribution in [-0.2, 0) is 11.2 Å². The molecule has 5 heteroatoms. The zero-order chi connectivity index (χ0) is 19.2. The number of benzene rings is 1. The van der Waals surface area contributed by atoms with Crippen LogP contribution in [0.5, 0.6) is 5.75 Å². The summed E-state index contributed by atoms with van der Waals surface area (Å²) in [5.74, 6) is 0.831. The number of pyridine rings is 1. The van der Waals surface area contributed by atoms with Gasteiger partial charge in [-0.15, -0.1) is 0 Å². The lowest BCUT2D eigenvalue weighted by Gasteiger charge is -2.35. The second-order valence-corrected chi connectivity index (χ2v) is 7.28. The fraction of sp³-hybridized carbons (Fsp3) is 0.455. The van der Waals surface area contributed by atoms with Gasteiger partial charge in [0.25, 0.3) is 5.91 Å². The van der Waals surface area contributed by atoms with Crippen LogP contribution >= 0.6 is 0 Å². The van der Waals surface area contributed by atoms with Crippen LogP contribution in [0.3, 0.4) is 0 Å². The minimum Gasteiger partial charge on any atom is -0.481 e. The van der Waals surface area contributed by atoms with Gasteiger partial charge < -0.3 is 9.64 Å². The molecule has 0 unspecified atom stereocenters. The van der Waals surface area contributed by atoms with E-state index in [1.54, 1.807) is 0 Å². The number of amides is 1. The van der Waals surface area contributed by atoms with Crippen LogP contribution in [0.2, 0.25) is 0 Å². The summed E-state index contributed by atoms with van der Waals surface area (Å²) in [5, 5.41) is 0. The first-order valence-electron chi connectivity index (χ1n) is 9.67. The molecule has 1 fully saturated rings. The Kier molecular flexibility index (Phi) is 6.45. The highest BCUT2D eigenvalue weighted by Gasteiger charge is 2.26. The van der Waals surface area contributed by atoms with E-state index < -0.39 is 6.10 Å². The van der Waals surface area contributed by atoms with E-state index in [-0.39, 0.29) is 5.91 Å². The number of aromatic nitrogens is 1. The van der Waals surface area contributed by atoms with Crippen molar-refractivity contribution < 1.29 is 9.53 Å². The van der Waals surface area contributed by atoms with Gasteiger partial charge in [-0.25, -0.2) is 0 Å². The van der Waals surface area contributed by atoms with Gasteiger partial charge in [0.05, 0.1) is 0 Å². The van der Waals surface area contributed by atoms with E-state index in [4.69, 9.17) is 4.74 Å². The number of hydrogen-bond acceptors (Lipinski definition) is 4. The number of carbonyl (C=O) groups excluding carboxylic acids is 1. The van der Waals surface area contributed by atoms with Crippen LogP contribution in [0.25, 0.3) is 0 Å². The second-order valence-electron chi connectivity index (χ2n) is 7.28. The van der Waals surface area contributed by atoms with Gasteiger partial charge in [-0.05, 0) is 68.1 Å². The first-order valence-corrected chi connectivity index (χ1v) is 9.67. The molecule has 1 saturated heterocycles. The summed E-state index contributed by atoms with van der Waals surface area (Å²) in [6.07, 6.45) is 4.23. The monoisotopic (exact) mass is 367 g/mol. The zero-order valence-electron chi connectivity index (χ0n) is 16.5. The average Bonchev–Trinajstić information content (AvgIpc) is 2.70. The topological polar surface area (TPSA) is 45.7 Å². The molecule has 2 aromatic rings. The van der Waals surface area contributed by atoms with Crippen LogP contribution in [0.4, 0.5) is 0 Å². The summed E-state index contributed by atoms with van der Waals surface area (Å²) >= 11 is 0. The Morgan fingerprint density at radius 3 is 2.44 bits per heavy atom. The van der Waals surface area contributed by atoms with E-state index in [0.29, 0.717) is 0 Å². The summed E-state index contributed by atoms with van der Waals surface area (Å²) in [7, 11) is 0. The van der Waals surface area contributed by atoms with Crippen molar-refractivity contribution in [2.75, 3.05) is 32.7 Å². The smallest absolute Gasteiger partial charge is 0.263 e. The molecule has 1 atom stereocenters. The molecule has 0 N–H and O–H groups in total. The van der Waals surface area contributed by atoms with Crippen molar-refractivity contribution in [2.24, 2.45) is 0 Å². The van der Waals surface area contributed by atoms with Gasteiger partial charge in [-0.1, -0.05) is 6.07 Å². The van der Waals surface area contributed by atoms with Crippen molar-refractivity contribution >= 4 is 5.91 Å². The van der Waals surface area contributed by atoms with Crippen molar-refractivity contribution in [2.45, 2.75) is 33.3 Å². The van der Waals surface area contributed by atoms with E-state index in [9.17, 15) is 4.79 Å². The Bertz CT molecular complexity index is 755. The van der Waals surface area contributed by atoms with Crippen LogP contribution in [-0.4, -0.2) is 59.5 Å². The lowest BCUT2D eigenvalue weighted by molar-refractivity contribution is -0.139. The van der Waals surface area contributed by atoms with Gasteiger partial charge in [0.2, 0.25) is 0 Å². The third-order valence-electron chi connectivity index (χ3n) is 5.29. The fourth-order valence-corrected chi connectivity index (χ4v) is 3.33. The normalized spacial score (nSPS) is 16.2. The van der Waals surface area contributed by atoms with Gasteiger partial charge in [0, 0.05) is 45.1 Å². The molecule has 144 valence electrons. The highest BCUT2D eigenvalue weighted by Crippen LogP contribution is 2.18. The molecule has 0 saturated carbocycles. The zero-order valence-corrected chi connectivity index (χ0v) is 16.5. The molecular weight excluding hydrogens is 338 g/mol. The third-order valence-corrected chi connectivity index (χ3v) is 5.29. The number of hydrogen-bond donors (Lipinski definition) is 0. The van der Waals surface area contributed by atoms with Gasteiger partial charge in [0.1, 0.15) is 5.75 Å². The summed E-state index contributed by atoms with van der Waals surface area (Å²) in [6.45, 7) is 10.3. The van der Waals surface area contributed by atoms with Gasteiger partial charge in [-0.3, -0.25) is 14.7 Å². The molecule has 1 aliphatic heterocycles. The molecule has 1 aromatic heterocycles. The van der Waals surface area contributed by atoms with Crippen molar-refractivity contribution in [3.8, 4) is 5.75 Å². The van der Waals surface area contributed by atoms with Crippen molar-refractivity contribution in [3.63, 3.8) is 0 Å². The number of nitrogens with zero attached hydrogens (tertiary/aromatic N) is 3. The second kappa shape index (κ2) is 9.00. The molecule has 2 heterocycles. The molecule has 0 spiro atoms. The van der Waals surface area contributed by atoms with Crippen molar-refractivity contribution in [3.05, 3.63) is 59.4 Å². The maximum absolute atomic E-state index is 12.7. The van der Waals surface area contributed by atoms with Crippen LogP contribution in [0, 0.1) is 13.8 Å². The lowest BCUT2D eigenvalue weighted by Crippen LogP contribution is -2.52. The number of piperazine rings is 1. The Hall–Kier alpha value is -2.40. The van der Waals surface area contributed by atoms with Crippen molar-refractivity contribution in [1.29, 1.82) is 0 Å². The van der Waals surface area contributed by atoms with Crippen LogP contribution in [0.1, 0.15) is 23.6 Å². The molecule has 1 amide bonds. The van der Waals surface area contributed by atoms with E-state index in [1.165, 1.54) is 16.7 Å². The van der Waals surface area contributed by atoms with Gasteiger partial charge >= 0.3 is 0 Å². The predicted octanol–water partition coefficient (Wildman–Crippen LogP) is 2.85. The molecule has 0 aliphatic carbocycles.